The molecule has 1 aromatic carbocycles. The van der Waals surface area contributed by atoms with Crippen LogP contribution in [0.15, 0.2) is 33.1 Å². The molecular formula is C12H15BrFNOS. The molecule has 1 rings (SSSR count). The zero-order chi connectivity index (χ0) is 13.1. The second kappa shape index (κ2) is 5.98. The van der Waals surface area contributed by atoms with Gasteiger partial charge in [-0.25, -0.2) is 4.39 Å². The molecule has 5 heteroatoms. The lowest BCUT2D eigenvalue weighted by Gasteiger charge is -2.19. The van der Waals surface area contributed by atoms with E-state index in [0.29, 0.717) is 5.56 Å². The molecule has 0 aromatic heterocycles. The van der Waals surface area contributed by atoms with Crippen molar-refractivity contribution in [2.24, 2.45) is 4.40 Å². The molecule has 0 heterocycles. The minimum Gasteiger partial charge on any atom is -0.591 e. The van der Waals surface area contributed by atoms with E-state index in [1.54, 1.807) is 18.2 Å². The highest BCUT2D eigenvalue weighted by molar-refractivity contribution is 9.10. The molecule has 94 valence electrons. The maximum absolute atomic E-state index is 12.9. The van der Waals surface area contributed by atoms with Crippen molar-refractivity contribution in [2.45, 2.75) is 25.5 Å². The minimum atomic E-state index is -1.44. The minimum absolute atomic E-state index is 0.222. The second-order valence-electron chi connectivity index (χ2n) is 4.54. The molecule has 1 atom stereocenters. The fraction of sp³-hybridized carbons (Fsp3) is 0.417. The van der Waals surface area contributed by atoms with Gasteiger partial charge in [0.1, 0.15) is 28.5 Å². The molecule has 0 aliphatic rings. The Kier molecular flexibility index (Phi) is 5.16. The van der Waals surface area contributed by atoms with Crippen molar-refractivity contribution in [3.05, 3.63) is 34.3 Å². The number of alkyl halides is 1. The van der Waals surface area contributed by atoms with E-state index in [-0.39, 0.29) is 5.71 Å². The normalized spacial score (nSPS) is 14.8. The molecular weight excluding hydrogens is 305 g/mol. The Hall–Kier alpha value is -0.390. The number of benzene rings is 1. The molecule has 0 saturated carbocycles. The van der Waals surface area contributed by atoms with Crippen LogP contribution >= 0.6 is 15.9 Å². The summed E-state index contributed by atoms with van der Waals surface area (Å²) in [5.74, 6) is 0. The maximum Gasteiger partial charge on any atom is 0.144 e. The Bertz CT molecular complexity index is 417. The van der Waals surface area contributed by atoms with Gasteiger partial charge in [-0.1, -0.05) is 32.5 Å². The van der Waals surface area contributed by atoms with Gasteiger partial charge in [-0.2, -0.15) is 0 Å². The summed E-state index contributed by atoms with van der Waals surface area (Å²) < 4.78 is 29.1. The monoisotopic (exact) mass is 319 g/mol. The highest BCUT2D eigenvalue weighted by atomic mass is 79.9. The molecule has 0 spiro atoms. The molecule has 0 aliphatic carbocycles. The largest absolute Gasteiger partial charge is 0.591 e. The molecule has 1 unspecified atom stereocenters. The third-order valence-electron chi connectivity index (χ3n) is 2.00. The van der Waals surface area contributed by atoms with Gasteiger partial charge in [0.15, 0.2) is 0 Å². The van der Waals surface area contributed by atoms with Gasteiger partial charge in [-0.05, 0) is 32.9 Å². The first kappa shape index (κ1) is 14.7. The summed E-state index contributed by atoms with van der Waals surface area (Å²) in [7, 11) is 0. The third kappa shape index (κ3) is 4.41. The summed E-state index contributed by atoms with van der Waals surface area (Å²) in [4.78, 5) is 0. The maximum atomic E-state index is 12.9. The van der Waals surface area contributed by atoms with Crippen LogP contribution in [0.3, 0.4) is 0 Å². The average Bonchev–Trinajstić information content (AvgIpc) is 2.24. The van der Waals surface area contributed by atoms with Crippen LogP contribution in [0.2, 0.25) is 0 Å². The first-order chi connectivity index (χ1) is 7.84. The van der Waals surface area contributed by atoms with Crippen LogP contribution in [0.4, 0.5) is 4.39 Å². The molecule has 0 radical (unpaired) electrons. The highest BCUT2D eigenvalue weighted by Gasteiger charge is 2.27. The topological polar surface area (TPSA) is 35.4 Å². The van der Waals surface area contributed by atoms with Crippen molar-refractivity contribution in [1.82, 2.24) is 0 Å². The summed E-state index contributed by atoms with van der Waals surface area (Å²) >= 11 is 1.87. The Balaban J connectivity index is 3.03. The number of hydrogen-bond donors (Lipinski definition) is 0. The van der Waals surface area contributed by atoms with E-state index >= 15 is 0 Å². The van der Waals surface area contributed by atoms with Crippen LogP contribution in [0.1, 0.15) is 26.3 Å². The Morgan fingerprint density at radius 1 is 1.47 bits per heavy atom. The zero-order valence-electron chi connectivity index (χ0n) is 10.0. The fourth-order valence-corrected chi connectivity index (χ4v) is 2.09. The zero-order valence-corrected chi connectivity index (χ0v) is 12.4. The van der Waals surface area contributed by atoms with Crippen molar-refractivity contribution in [1.29, 1.82) is 0 Å². The number of rotatable bonds is 3. The van der Waals surface area contributed by atoms with Crippen LogP contribution in [0.5, 0.6) is 0 Å². The van der Waals surface area contributed by atoms with E-state index in [1.807, 2.05) is 26.8 Å². The summed E-state index contributed by atoms with van der Waals surface area (Å²) in [6.07, 6.45) is 0. The van der Waals surface area contributed by atoms with Gasteiger partial charge < -0.3 is 4.55 Å². The first-order valence-electron chi connectivity index (χ1n) is 5.16. The SMILES string of the molecule is CC(C)(C)[S+]([O-])/N=C(/CF)c1cccc(Br)c1. The fourth-order valence-electron chi connectivity index (χ4n) is 1.06. The van der Waals surface area contributed by atoms with Gasteiger partial charge >= 0.3 is 0 Å². The van der Waals surface area contributed by atoms with Crippen molar-refractivity contribution in [3.8, 4) is 0 Å². The predicted octanol–water partition coefficient (Wildman–Crippen LogP) is 3.67. The standard InChI is InChI=1S/C12H15BrFNOS/c1-12(2,3)17(16)15-11(8-14)9-5-4-6-10(13)7-9/h4-7H,8H2,1-3H3/b15-11-. The van der Waals surface area contributed by atoms with Gasteiger partial charge in [-0.15, -0.1) is 0 Å². The molecule has 2 nitrogen and oxygen atoms in total. The van der Waals surface area contributed by atoms with Gasteiger partial charge in [0, 0.05) is 10.0 Å². The van der Waals surface area contributed by atoms with Crippen molar-refractivity contribution < 1.29 is 8.94 Å². The molecule has 0 saturated heterocycles. The Labute approximate surface area is 113 Å². The lowest BCUT2D eigenvalue weighted by atomic mass is 10.1. The van der Waals surface area contributed by atoms with Gasteiger partial charge in [0.25, 0.3) is 0 Å². The van der Waals surface area contributed by atoms with E-state index in [2.05, 4.69) is 20.3 Å². The van der Waals surface area contributed by atoms with Crippen LogP contribution in [0.25, 0.3) is 0 Å². The second-order valence-corrected chi connectivity index (χ2v) is 7.36. The molecule has 17 heavy (non-hydrogen) atoms. The summed E-state index contributed by atoms with van der Waals surface area (Å²) in [5.41, 5.74) is 0.874. The van der Waals surface area contributed by atoms with Gasteiger partial charge in [0.2, 0.25) is 0 Å². The van der Waals surface area contributed by atoms with Crippen molar-refractivity contribution >= 4 is 33.0 Å². The van der Waals surface area contributed by atoms with Crippen LogP contribution in [0, 0.1) is 0 Å². The van der Waals surface area contributed by atoms with Crippen LogP contribution < -0.4 is 0 Å². The van der Waals surface area contributed by atoms with Gasteiger partial charge in [0.05, 0.1) is 0 Å². The van der Waals surface area contributed by atoms with E-state index in [4.69, 9.17) is 0 Å². The average molecular weight is 320 g/mol. The van der Waals surface area contributed by atoms with E-state index in [1.165, 1.54) is 0 Å². The van der Waals surface area contributed by atoms with Crippen molar-refractivity contribution in [3.63, 3.8) is 0 Å². The van der Waals surface area contributed by atoms with Crippen molar-refractivity contribution in [2.75, 3.05) is 6.67 Å². The number of hydrogen-bond acceptors (Lipinski definition) is 2. The molecule has 0 aliphatic heterocycles. The summed E-state index contributed by atoms with van der Waals surface area (Å²) in [5, 5.41) is 0. The molecule has 0 bridgehead atoms. The number of nitrogens with zero attached hydrogens (tertiary/aromatic N) is 1. The lowest BCUT2D eigenvalue weighted by Crippen LogP contribution is -2.27. The van der Waals surface area contributed by atoms with E-state index in [9.17, 15) is 8.94 Å². The van der Waals surface area contributed by atoms with Crippen LogP contribution in [-0.4, -0.2) is 21.7 Å². The van der Waals surface area contributed by atoms with Crippen LogP contribution in [-0.2, 0) is 11.4 Å². The van der Waals surface area contributed by atoms with Gasteiger partial charge in [-0.3, -0.25) is 0 Å². The smallest absolute Gasteiger partial charge is 0.144 e. The quantitative estimate of drug-likeness (QED) is 0.618. The highest BCUT2D eigenvalue weighted by Crippen LogP contribution is 2.19. The predicted molar refractivity (Wildman–Crippen MR) is 74.5 cm³/mol. The summed E-state index contributed by atoms with van der Waals surface area (Å²) in [6, 6.07) is 7.16. The Morgan fingerprint density at radius 3 is 2.59 bits per heavy atom. The van der Waals surface area contributed by atoms with E-state index in [0.717, 1.165) is 4.47 Å². The first-order valence-corrected chi connectivity index (χ1v) is 7.06. The van der Waals surface area contributed by atoms with E-state index < -0.39 is 22.8 Å². The lowest BCUT2D eigenvalue weighted by molar-refractivity contribution is 0.558. The number of halogens is 2. The molecule has 0 amide bonds. The third-order valence-corrected chi connectivity index (χ3v) is 3.93. The molecule has 0 fully saturated rings. The Morgan fingerprint density at radius 2 is 2.12 bits per heavy atom. The molecule has 1 aromatic rings. The molecule has 0 N–H and O–H groups in total. The summed E-state index contributed by atoms with van der Waals surface area (Å²) in [6.45, 7) is 4.70.